The van der Waals surface area contributed by atoms with Crippen molar-refractivity contribution in [2.45, 2.75) is 19.9 Å². The van der Waals surface area contributed by atoms with E-state index in [4.69, 9.17) is 0 Å². The zero-order valence-corrected chi connectivity index (χ0v) is 8.91. The van der Waals surface area contributed by atoms with Gasteiger partial charge in [-0.3, -0.25) is 0 Å². The Kier molecular flexibility index (Phi) is 2.20. The molecule has 0 spiro atoms. The van der Waals surface area contributed by atoms with Gasteiger partial charge in [0, 0.05) is 35.9 Å². The molecule has 0 aliphatic heterocycles. The largest absolute Gasteiger partial charge is 0.383 e. The van der Waals surface area contributed by atoms with Crippen molar-refractivity contribution in [3.8, 4) is 0 Å². The molecule has 14 heavy (non-hydrogen) atoms. The van der Waals surface area contributed by atoms with Crippen molar-refractivity contribution in [1.29, 1.82) is 0 Å². The number of hydrogen-bond acceptors (Lipinski definition) is 1. The second-order valence-electron chi connectivity index (χ2n) is 4.00. The Morgan fingerprint density at radius 2 is 2.00 bits per heavy atom. The van der Waals surface area contributed by atoms with Crippen LogP contribution in [-0.2, 0) is 7.05 Å². The third-order valence-corrected chi connectivity index (χ3v) is 2.34. The van der Waals surface area contributed by atoms with E-state index in [1.807, 2.05) is 0 Å². The summed E-state index contributed by atoms with van der Waals surface area (Å²) >= 11 is 0. The van der Waals surface area contributed by atoms with Gasteiger partial charge in [0.05, 0.1) is 0 Å². The third-order valence-electron chi connectivity index (χ3n) is 2.34. The lowest BCUT2D eigenvalue weighted by atomic mass is 10.2. The number of fused-ring (bicyclic) bond motifs is 1. The Hall–Kier alpha value is -1.44. The van der Waals surface area contributed by atoms with Crippen LogP contribution in [0.1, 0.15) is 13.8 Å². The van der Waals surface area contributed by atoms with Crippen LogP contribution in [0.2, 0.25) is 0 Å². The second kappa shape index (κ2) is 3.37. The molecule has 2 nitrogen and oxygen atoms in total. The molecule has 0 unspecified atom stereocenters. The number of nitrogens with zero attached hydrogens (tertiary/aromatic N) is 1. The summed E-state index contributed by atoms with van der Waals surface area (Å²) < 4.78 is 2.13. The molecule has 1 aromatic carbocycles. The average molecular weight is 188 g/mol. The first-order valence-electron chi connectivity index (χ1n) is 4.98. The van der Waals surface area contributed by atoms with E-state index in [-0.39, 0.29) is 0 Å². The molecule has 0 bridgehead atoms. The number of nitrogens with one attached hydrogen (secondary N) is 1. The fourth-order valence-electron chi connectivity index (χ4n) is 1.70. The summed E-state index contributed by atoms with van der Waals surface area (Å²) in [7, 11) is 2.07. The molecule has 0 fully saturated rings. The molecule has 0 radical (unpaired) electrons. The number of anilines is 1. The van der Waals surface area contributed by atoms with Crippen LogP contribution in [-0.4, -0.2) is 10.6 Å². The molecule has 0 saturated heterocycles. The maximum absolute atomic E-state index is 3.40. The van der Waals surface area contributed by atoms with Crippen LogP contribution in [0.25, 0.3) is 10.9 Å². The quantitative estimate of drug-likeness (QED) is 0.766. The van der Waals surface area contributed by atoms with Crippen LogP contribution in [0, 0.1) is 0 Å². The average Bonchev–Trinajstić information content (AvgIpc) is 2.46. The summed E-state index contributed by atoms with van der Waals surface area (Å²) in [6, 6.07) is 9.09. The number of hydrogen-bond donors (Lipinski definition) is 1. The van der Waals surface area contributed by atoms with Gasteiger partial charge in [0.1, 0.15) is 0 Å². The lowest BCUT2D eigenvalue weighted by molar-refractivity contribution is 0.900. The lowest BCUT2D eigenvalue weighted by Crippen LogP contribution is -2.09. The Balaban J connectivity index is 2.42. The molecule has 2 aromatic rings. The lowest BCUT2D eigenvalue weighted by Gasteiger charge is -2.09. The van der Waals surface area contributed by atoms with Gasteiger partial charge in [0.2, 0.25) is 0 Å². The van der Waals surface area contributed by atoms with Gasteiger partial charge in [0.25, 0.3) is 0 Å². The first-order valence-corrected chi connectivity index (χ1v) is 4.98. The van der Waals surface area contributed by atoms with Crippen molar-refractivity contribution >= 4 is 16.6 Å². The fourth-order valence-corrected chi connectivity index (χ4v) is 1.70. The van der Waals surface area contributed by atoms with Crippen molar-refractivity contribution in [2.24, 2.45) is 7.05 Å². The predicted molar refractivity (Wildman–Crippen MR) is 61.7 cm³/mol. The molecule has 1 aromatic heterocycles. The van der Waals surface area contributed by atoms with Crippen molar-refractivity contribution < 1.29 is 0 Å². The van der Waals surface area contributed by atoms with Gasteiger partial charge < -0.3 is 9.88 Å². The van der Waals surface area contributed by atoms with Gasteiger partial charge in [0.15, 0.2) is 0 Å². The van der Waals surface area contributed by atoms with Crippen LogP contribution in [0.3, 0.4) is 0 Å². The number of aryl methyl sites for hydroxylation is 1. The first-order chi connectivity index (χ1) is 6.66. The van der Waals surface area contributed by atoms with Crippen molar-refractivity contribution in [3.63, 3.8) is 0 Å². The van der Waals surface area contributed by atoms with Gasteiger partial charge in [-0.1, -0.05) is 0 Å². The summed E-state index contributed by atoms with van der Waals surface area (Å²) in [6.45, 7) is 4.30. The normalized spacial score (nSPS) is 11.1. The third kappa shape index (κ3) is 1.60. The second-order valence-corrected chi connectivity index (χ2v) is 4.00. The van der Waals surface area contributed by atoms with Gasteiger partial charge in [-0.15, -0.1) is 0 Å². The number of benzene rings is 1. The van der Waals surface area contributed by atoms with Gasteiger partial charge >= 0.3 is 0 Å². The maximum atomic E-state index is 3.40. The SMILES string of the molecule is CC(C)Nc1ccc2c(ccn2C)c1. The Morgan fingerprint density at radius 1 is 1.21 bits per heavy atom. The van der Waals surface area contributed by atoms with Crippen molar-refractivity contribution in [1.82, 2.24) is 4.57 Å². The molecule has 0 aliphatic carbocycles. The highest BCUT2D eigenvalue weighted by Crippen LogP contribution is 2.19. The molecule has 2 heteroatoms. The highest BCUT2D eigenvalue weighted by atomic mass is 14.9. The van der Waals surface area contributed by atoms with E-state index in [0.717, 1.165) is 0 Å². The van der Waals surface area contributed by atoms with Gasteiger partial charge in [-0.2, -0.15) is 0 Å². The summed E-state index contributed by atoms with van der Waals surface area (Å²) in [6.07, 6.45) is 2.09. The van der Waals surface area contributed by atoms with E-state index < -0.39 is 0 Å². The van der Waals surface area contributed by atoms with Gasteiger partial charge in [-0.05, 0) is 38.1 Å². The summed E-state index contributed by atoms with van der Waals surface area (Å²) in [5.41, 5.74) is 2.47. The number of rotatable bonds is 2. The van der Waals surface area contributed by atoms with Crippen LogP contribution in [0.5, 0.6) is 0 Å². The molecule has 0 aliphatic rings. The molecule has 0 amide bonds. The van der Waals surface area contributed by atoms with Crippen molar-refractivity contribution in [2.75, 3.05) is 5.32 Å². The fraction of sp³-hybridized carbons (Fsp3) is 0.333. The minimum absolute atomic E-state index is 0.483. The smallest absolute Gasteiger partial charge is 0.0479 e. The molecule has 1 heterocycles. The summed E-state index contributed by atoms with van der Waals surface area (Å²) in [4.78, 5) is 0. The monoisotopic (exact) mass is 188 g/mol. The molecule has 1 N–H and O–H groups in total. The topological polar surface area (TPSA) is 17.0 Å². The Labute approximate surface area is 84.5 Å². The standard InChI is InChI=1S/C12H16N2/c1-9(2)13-11-4-5-12-10(8-11)6-7-14(12)3/h4-9,13H,1-3H3. The van der Waals surface area contributed by atoms with E-state index in [1.165, 1.54) is 16.6 Å². The molecule has 74 valence electrons. The highest BCUT2D eigenvalue weighted by Gasteiger charge is 1.99. The van der Waals surface area contributed by atoms with Crippen molar-refractivity contribution in [3.05, 3.63) is 30.5 Å². The van der Waals surface area contributed by atoms with E-state index in [2.05, 4.69) is 61.2 Å². The minimum Gasteiger partial charge on any atom is -0.383 e. The molecule has 0 atom stereocenters. The molecule has 2 rings (SSSR count). The highest BCUT2D eigenvalue weighted by molar-refractivity contribution is 5.83. The molecule has 0 saturated carbocycles. The van der Waals surface area contributed by atoms with Crippen LogP contribution in [0.15, 0.2) is 30.5 Å². The first kappa shape index (κ1) is 9.13. The molecular weight excluding hydrogens is 172 g/mol. The summed E-state index contributed by atoms with van der Waals surface area (Å²) in [5, 5.41) is 4.69. The predicted octanol–water partition coefficient (Wildman–Crippen LogP) is 3.00. The maximum Gasteiger partial charge on any atom is 0.0479 e. The van der Waals surface area contributed by atoms with Gasteiger partial charge in [-0.25, -0.2) is 0 Å². The van der Waals surface area contributed by atoms with Crippen LogP contribution >= 0.6 is 0 Å². The van der Waals surface area contributed by atoms with E-state index >= 15 is 0 Å². The van der Waals surface area contributed by atoms with E-state index in [9.17, 15) is 0 Å². The van der Waals surface area contributed by atoms with E-state index in [0.29, 0.717) is 6.04 Å². The van der Waals surface area contributed by atoms with E-state index in [1.54, 1.807) is 0 Å². The Morgan fingerprint density at radius 3 is 2.71 bits per heavy atom. The number of aromatic nitrogens is 1. The zero-order chi connectivity index (χ0) is 10.1. The minimum atomic E-state index is 0.483. The van der Waals surface area contributed by atoms with Crippen LogP contribution < -0.4 is 5.32 Å². The Bertz CT molecular complexity index is 441. The molecular formula is C12H16N2. The zero-order valence-electron chi connectivity index (χ0n) is 8.91. The summed E-state index contributed by atoms with van der Waals surface area (Å²) in [5.74, 6) is 0. The van der Waals surface area contributed by atoms with Crippen LogP contribution in [0.4, 0.5) is 5.69 Å².